The molecule has 94 valence electrons. The fourth-order valence-electron chi connectivity index (χ4n) is 2.07. The predicted molar refractivity (Wildman–Crippen MR) is 74.8 cm³/mol. The monoisotopic (exact) mass is 318 g/mol. The molecule has 0 amide bonds. The maximum Gasteiger partial charge on any atom is 0.142 e. The molecule has 0 aromatic heterocycles. The first-order chi connectivity index (χ1) is 8.11. The van der Waals surface area contributed by atoms with Crippen LogP contribution in [-0.2, 0) is 0 Å². The normalized spacial score (nSPS) is 23.6. The lowest BCUT2D eigenvalue weighted by Gasteiger charge is -2.36. The summed E-state index contributed by atoms with van der Waals surface area (Å²) in [6.07, 6.45) is 0. The second kappa shape index (κ2) is 5.69. The van der Waals surface area contributed by atoms with Crippen molar-refractivity contribution in [2.24, 2.45) is 5.73 Å². The molecule has 0 saturated carbocycles. The molecule has 2 rings (SSSR count). The van der Waals surface area contributed by atoms with Crippen molar-refractivity contribution in [1.29, 1.82) is 0 Å². The van der Waals surface area contributed by atoms with Gasteiger partial charge >= 0.3 is 0 Å². The Morgan fingerprint density at radius 2 is 2.35 bits per heavy atom. The molecule has 0 spiro atoms. The van der Waals surface area contributed by atoms with Crippen molar-refractivity contribution in [3.63, 3.8) is 0 Å². The Kier molecular flexibility index (Phi) is 4.47. The van der Waals surface area contributed by atoms with E-state index in [4.69, 9.17) is 5.73 Å². The van der Waals surface area contributed by atoms with Gasteiger partial charge in [0, 0.05) is 35.7 Å². The van der Waals surface area contributed by atoms with E-state index in [1.54, 1.807) is 12.1 Å². The van der Waals surface area contributed by atoms with Gasteiger partial charge < -0.3 is 5.73 Å². The molecule has 0 bridgehead atoms. The van der Waals surface area contributed by atoms with Crippen LogP contribution in [0.1, 0.15) is 11.6 Å². The number of benzene rings is 1. The van der Waals surface area contributed by atoms with Gasteiger partial charge in [0.05, 0.1) is 4.47 Å². The quantitative estimate of drug-likeness (QED) is 0.909. The van der Waals surface area contributed by atoms with Crippen molar-refractivity contribution in [1.82, 2.24) is 4.90 Å². The van der Waals surface area contributed by atoms with Crippen LogP contribution in [-0.4, -0.2) is 36.0 Å². The molecule has 5 heteroatoms. The number of halogens is 2. The fourth-order valence-corrected chi connectivity index (χ4v) is 3.74. The van der Waals surface area contributed by atoms with E-state index in [9.17, 15) is 4.39 Å². The van der Waals surface area contributed by atoms with Crippen molar-refractivity contribution in [2.45, 2.75) is 12.1 Å². The predicted octanol–water partition coefficient (Wildman–Crippen LogP) is 2.64. The third-order valence-corrected chi connectivity index (χ3v) is 4.86. The molecule has 1 saturated heterocycles. The molecule has 2 nitrogen and oxygen atoms in total. The Morgan fingerprint density at radius 3 is 3.06 bits per heavy atom. The lowest BCUT2D eigenvalue weighted by molar-refractivity contribution is 0.235. The highest BCUT2D eigenvalue weighted by atomic mass is 79.9. The lowest BCUT2D eigenvalue weighted by Crippen LogP contribution is -2.46. The summed E-state index contributed by atoms with van der Waals surface area (Å²) in [5.41, 5.74) is 6.81. The average Bonchev–Trinajstić information content (AvgIpc) is 2.32. The van der Waals surface area contributed by atoms with Gasteiger partial charge in [0.15, 0.2) is 0 Å². The maximum absolute atomic E-state index is 14.0. The van der Waals surface area contributed by atoms with Gasteiger partial charge in [-0.25, -0.2) is 4.39 Å². The Morgan fingerprint density at radius 1 is 1.59 bits per heavy atom. The van der Waals surface area contributed by atoms with E-state index in [1.165, 1.54) is 0 Å². The van der Waals surface area contributed by atoms with Gasteiger partial charge in [-0.15, -0.1) is 0 Å². The van der Waals surface area contributed by atoms with Crippen LogP contribution in [0.2, 0.25) is 0 Å². The van der Waals surface area contributed by atoms with Crippen LogP contribution < -0.4 is 5.73 Å². The summed E-state index contributed by atoms with van der Waals surface area (Å²) >= 11 is 5.09. The minimum absolute atomic E-state index is 0.206. The minimum Gasteiger partial charge on any atom is -0.323 e. The second-order valence-corrected chi connectivity index (χ2v) is 6.30. The van der Waals surface area contributed by atoms with Gasteiger partial charge in [-0.1, -0.05) is 12.1 Å². The molecule has 2 atom stereocenters. The second-order valence-electron chi connectivity index (χ2n) is 4.29. The van der Waals surface area contributed by atoms with Crippen molar-refractivity contribution < 1.29 is 4.39 Å². The molecule has 1 aromatic rings. The Balaban J connectivity index is 2.23. The smallest absolute Gasteiger partial charge is 0.142 e. The topological polar surface area (TPSA) is 29.3 Å². The third kappa shape index (κ3) is 2.84. The molecule has 2 unspecified atom stereocenters. The van der Waals surface area contributed by atoms with Crippen LogP contribution in [0.15, 0.2) is 22.7 Å². The average molecular weight is 319 g/mol. The zero-order valence-corrected chi connectivity index (χ0v) is 12.1. The number of nitrogens with two attached hydrogens (primary N) is 1. The van der Waals surface area contributed by atoms with Gasteiger partial charge in [-0.3, -0.25) is 4.90 Å². The van der Waals surface area contributed by atoms with Crippen molar-refractivity contribution >= 4 is 27.7 Å². The molecule has 1 fully saturated rings. The molecule has 2 N–H and O–H groups in total. The number of hydrogen-bond acceptors (Lipinski definition) is 3. The van der Waals surface area contributed by atoms with E-state index in [1.807, 2.05) is 17.8 Å². The van der Waals surface area contributed by atoms with Gasteiger partial charge in [0.25, 0.3) is 0 Å². The van der Waals surface area contributed by atoms with Gasteiger partial charge in [-0.2, -0.15) is 11.8 Å². The van der Waals surface area contributed by atoms with Crippen LogP contribution in [0.3, 0.4) is 0 Å². The van der Waals surface area contributed by atoms with E-state index in [-0.39, 0.29) is 17.9 Å². The number of likely N-dealkylation sites (N-methyl/N-ethyl adjacent to an activating group) is 1. The SMILES string of the molecule is CN1CCSCC1C(N)c1cccc(Br)c1F. The standard InChI is InChI=1S/C12H16BrFN2S/c1-16-5-6-17-7-10(16)12(15)8-3-2-4-9(13)11(8)14/h2-4,10,12H,5-7,15H2,1H3. The largest absolute Gasteiger partial charge is 0.323 e. The molecule has 0 radical (unpaired) electrons. The molecule has 1 aliphatic heterocycles. The molecule has 17 heavy (non-hydrogen) atoms. The highest BCUT2D eigenvalue weighted by Gasteiger charge is 2.28. The number of thioether (sulfide) groups is 1. The van der Waals surface area contributed by atoms with Crippen LogP contribution in [0.4, 0.5) is 4.39 Å². The molecular weight excluding hydrogens is 303 g/mol. The lowest BCUT2D eigenvalue weighted by atomic mass is 9.99. The molecule has 1 aromatic carbocycles. The fraction of sp³-hybridized carbons (Fsp3) is 0.500. The van der Waals surface area contributed by atoms with Gasteiger partial charge in [0.1, 0.15) is 5.82 Å². The molecule has 0 aliphatic carbocycles. The number of hydrogen-bond donors (Lipinski definition) is 1. The summed E-state index contributed by atoms with van der Waals surface area (Å²) in [6, 6.07) is 5.24. The van der Waals surface area contributed by atoms with Crippen LogP contribution >= 0.6 is 27.7 Å². The highest BCUT2D eigenvalue weighted by molar-refractivity contribution is 9.10. The first-order valence-corrected chi connectivity index (χ1v) is 7.53. The van der Waals surface area contributed by atoms with Crippen LogP contribution in [0.25, 0.3) is 0 Å². The highest BCUT2D eigenvalue weighted by Crippen LogP contribution is 2.29. The first kappa shape index (κ1) is 13.3. The third-order valence-electron chi connectivity index (χ3n) is 3.20. The van der Waals surface area contributed by atoms with E-state index < -0.39 is 0 Å². The minimum atomic E-state index is -0.273. The van der Waals surface area contributed by atoms with Gasteiger partial charge in [0.2, 0.25) is 0 Å². The number of nitrogens with zero attached hydrogens (tertiary/aromatic N) is 1. The van der Waals surface area contributed by atoms with E-state index in [0.717, 1.165) is 18.1 Å². The zero-order chi connectivity index (χ0) is 12.4. The number of rotatable bonds is 2. The maximum atomic E-state index is 14.0. The summed E-state index contributed by atoms with van der Waals surface area (Å²) in [5.74, 6) is 1.86. The summed E-state index contributed by atoms with van der Waals surface area (Å²) in [6.45, 7) is 1.01. The zero-order valence-electron chi connectivity index (χ0n) is 9.70. The van der Waals surface area contributed by atoms with Gasteiger partial charge in [-0.05, 0) is 29.0 Å². The molecule has 1 heterocycles. The van der Waals surface area contributed by atoms with Crippen molar-refractivity contribution in [3.8, 4) is 0 Å². The van der Waals surface area contributed by atoms with Crippen LogP contribution in [0.5, 0.6) is 0 Å². The Labute approximate surface area is 114 Å². The van der Waals surface area contributed by atoms with E-state index in [2.05, 4.69) is 27.9 Å². The molecule has 1 aliphatic rings. The van der Waals surface area contributed by atoms with E-state index >= 15 is 0 Å². The van der Waals surface area contributed by atoms with E-state index in [0.29, 0.717) is 10.0 Å². The van der Waals surface area contributed by atoms with Crippen LogP contribution in [0, 0.1) is 5.82 Å². The Bertz CT molecular complexity index is 402. The summed E-state index contributed by atoms with van der Waals surface area (Å²) in [5, 5.41) is 0. The summed E-state index contributed by atoms with van der Waals surface area (Å²) in [7, 11) is 2.06. The summed E-state index contributed by atoms with van der Waals surface area (Å²) in [4.78, 5) is 2.22. The Hall–Kier alpha value is -0.100. The molecular formula is C12H16BrFN2S. The van der Waals surface area contributed by atoms with Crippen molar-refractivity contribution in [3.05, 3.63) is 34.1 Å². The summed E-state index contributed by atoms with van der Waals surface area (Å²) < 4.78 is 14.5. The first-order valence-electron chi connectivity index (χ1n) is 5.58. The van der Waals surface area contributed by atoms with Crippen molar-refractivity contribution in [2.75, 3.05) is 25.1 Å².